The van der Waals surface area contributed by atoms with Crippen molar-refractivity contribution in [2.75, 3.05) is 0 Å². The molecular formula is C15H17F3O6PS+. The molecule has 0 fully saturated rings. The Kier molecular flexibility index (Phi) is 10.9. The van der Waals surface area contributed by atoms with Crippen LogP contribution >= 0.6 is 8.25 Å². The van der Waals surface area contributed by atoms with Crippen LogP contribution in [0.15, 0.2) is 60.7 Å². The van der Waals surface area contributed by atoms with Crippen molar-refractivity contribution in [2.24, 2.45) is 0 Å². The number of aryl methyl sites for hydroxylation is 2. The number of alkyl halides is 3. The summed E-state index contributed by atoms with van der Waals surface area (Å²) in [6.07, 6.45) is 2.26. The fourth-order valence-corrected chi connectivity index (χ4v) is 1.58. The van der Waals surface area contributed by atoms with E-state index in [1.807, 2.05) is 0 Å². The van der Waals surface area contributed by atoms with Gasteiger partial charge in [-0.05, 0) is 24.0 Å². The molecule has 26 heavy (non-hydrogen) atoms. The normalized spacial score (nSPS) is 10.7. The van der Waals surface area contributed by atoms with Crippen molar-refractivity contribution >= 4 is 18.4 Å². The highest BCUT2D eigenvalue weighted by Crippen LogP contribution is 2.20. The van der Waals surface area contributed by atoms with Crippen molar-refractivity contribution in [1.82, 2.24) is 0 Å². The maximum atomic E-state index is 10.7. The summed E-state index contributed by atoms with van der Waals surface area (Å²) in [4.78, 5) is 14.2. The van der Waals surface area contributed by atoms with Gasteiger partial charge in [0.05, 0.1) is 0 Å². The van der Waals surface area contributed by atoms with Gasteiger partial charge in [-0.2, -0.15) is 21.6 Å². The van der Waals surface area contributed by atoms with Crippen molar-refractivity contribution < 1.29 is 40.5 Å². The van der Waals surface area contributed by atoms with Crippen molar-refractivity contribution in [3.63, 3.8) is 0 Å². The predicted molar refractivity (Wildman–Crippen MR) is 89.9 cm³/mol. The first kappa shape index (κ1) is 24.2. The molecule has 2 aromatic carbocycles. The Morgan fingerprint density at radius 3 is 1.23 bits per heavy atom. The molecule has 0 unspecified atom stereocenters. The van der Waals surface area contributed by atoms with Gasteiger partial charge in [-0.1, -0.05) is 60.7 Å². The summed E-state index contributed by atoms with van der Waals surface area (Å²) >= 11 is 0. The molecule has 0 amide bonds. The minimum Gasteiger partial charge on any atom is -0.279 e. The summed E-state index contributed by atoms with van der Waals surface area (Å²) in [5.41, 5.74) is -2.71. The molecule has 0 atom stereocenters. The van der Waals surface area contributed by atoms with Crippen molar-refractivity contribution in [3.8, 4) is 0 Å². The fourth-order valence-electron chi connectivity index (χ4n) is 1.58. The highest BCUT2D eigenvalue weighted by atomic mass is 32.2. The number of rotatable bonds is 3. The van der Waals surface area contributed by atoms with Gasteiger partial charge in [-0.25, -0.2) is 0 Å². The van der Waals surface area contributed by atoms with Crippen LogP contribution in [-0.4, -0.2) is 28.3 Å². The monoisotopic (exact) mass is 413 g/mol. The van der Waals surface area contributed by atoms with E-state index in [-0.39, 0.29) is 0 Å². The van der Waals surface area contributed by atoms with Gasteiger partial charge in [0.2, 0.25) is 0 Å². The summed E-state index contributed by atoms with van der Waals surface area (Å²) in [5.74, 6) is 0. The van der Waals surface area contributed by atoms with Gasteiger partial charge in [0.1, 0.15) is 0 Å². The topological polar surface area (TPSA) is 112 Å². The first-order valence-corrected chi connectivity index (χ1v) is 9.50. The number of hydrogen-bond acceptors (Lipinski definition) is 3. The van der Waals surface area contributed by atoms with Crippen LogP contribution in [0.1, 0.15) is 11.1 Å². The quantitative estimate of drug-likeness (QED) is 0.404. The maximum absolute atomic E-state index is 10.7. The minimum absolute atomic E-state index is 1.13. The Morgan fingerprint density at radius 1 is 0.808 bits per heavy atom. The SMILES string of the molecule is O=S(=O)(O)C(F)(F)F.O=[P+](O)O.c1ccc(CCc2ccccc2)cc1. The largest absolute Gasteiger partial charge is 0.692 e. The lowest BCUT2D eigenvalue weighted by Gasteiger charge is -2.01. The van der Waals surface area contributed by atoms with Crippen LogP contribution in [0.2, 0.25) is 0 Å². The highest BCUT2D eigenvalue weighted by molar-refractivity contribution is 7.86. The summed E-state index contributed by atoms with van der Waals surface area (Å²) in [5, 5.41) is 0. The average molecular weight is 413 g/mol. The average Bonchev–Trinajstić information content (AvgIpc) is 2.53. The molecule has 0 aliphatic carbocycles. The van der Waals surface area contributed by atoms with E-state index < -0.39 is 23.9 Å². The van der Waals surface area contributed by atoms with E-state index in [1.165, 1.54) is 11.1 Å². The zero-order chi connectivity index (χ0) is 20.2. The van der Waals surface area contributed by atoms with Crippen LogP contribution in [0.25, 0.3) is 0 Å². The van der Waals surface area contributed by atoms with Crippen molar-refractivity contribution in [2.45, 2.75) is 18.3 Å². The predicted octanol–water partition coefficient (Wildman–Crippen LogP) is 3.49. The summed E-state index contributed by atoms with van der Waals surface area (Å²) in [6, 6.07) is 21.2. The smallest absolute Gasteiger partial charge is 0.279 e. The van der Waals surface area contributed by atoms with E-state index in [0.717, 1.165) is 12.8 Å². The molecule has 6 nitrogen and oxygen atoms in total. The van der Waals surface area contributed by atoms with Gasteiger partial charge < -0.3 is 0 Å². The number of hydrogen-bond donors (Lipinski definition) is 3. The highest BCUT2D eigenvalue weighted by Gasteiger charge is 2.44. The Hall–Kier alpha value is -1.84. The van der Waals surface area contributed by atoms with E-state index in [4.69, 9.17) is 27.3 Å². The van der Waals surface area contributed by atoms with Gasteiger partial charge in [0.25, 0.3) is 0 Å². The molecule has 0 aromatic heterocycles. The molecule has 0 heterocycles. The summed E-state index contributed by atoms with van der Waals surface area (Å²) in [7, 11) is -8.71. The van der Waals surface area contributed by atoms with Crippen molar-refractivity contribution in [1.29, 1.82) is 0 Å². The van der Waals surface area contributed by atoms with E-state index in [0.29, 0.717) is 0 Å². The summed E-state index contributed by atoms with van der Waals surface area (Å²) < 4.78 is 66.2. The van der Waals surface area contributed by atoms with E-state index >= 15 is 0 Å². The fraction of sp³-hybridized carbons (Fsp3) is 0.200. The second-order valence-electron chi connectivity index (χ2n) is 4.64. The van der Waals surface area contributed by atoms with Gasteiger partial charge in [0.15, 0.2) is 0 Å². The Morgan fingerprint density at radius 2 is 1.04 bits per heavy atom. The molecule has 0 aliphatic heterocycles. The first-order valence-electron chi connectivity index (χ1n) is 6.90. The van der Waals surface area contributed by atoms with Gasteiger partial charge in [0, 0.05) is 4.57 Å². The molecular weight excluding hydrogens is 396 g/mol. The van der Waals surface area contributed by atoms with E-state index in [9.17, 15) is 13.2 Å². The number of halogens is 3. The van der Waals surface area contributed by atoms with Gasteiger partial charge in [-0.3, -0.25) is 4.55 Å². The molecule has 0 aliphatic rings. The third kappa shape index (κ3) is 12.5. The van der Waals surface area contributed by atoms with Crippen LogP contribution in [0.5, 0.6) is 0 Å². The molecule has 11 heteroatoms. The lowest BCUT2D eigenvalue weighted by molar-refractivity contribution is -0.0510. The van der Waals surface area contributed by atoms with E-state index in [2.05, 4.69) is 60.7 Å². The maximum Gasteiger partial charge on any atom is 0.692 e. The molecule has 0 saturated heterocycles. The lowest BCUT2D eigenvalue weighted by Crippen LogP contribution is -2.21. The molecule has 2 rings (SSSR count). The second kappa shape index (κ2) is 11.7. The van der Waals surface area contributed by atoms with Crippen LogP contribution in [0, 0.1) is 0 Å². The van der Waals surface area contributed by atoms with Gasteiger partial charge in [-0.15, -0.1) is 9.79 Å². The molecule has 0 bridgehead atoms. The molecule has 0 saturated carbocycles. The summed E-state index contributed by atoms with van der Waals surface area (Å²) in [6.45, 7) is 0. The van der Waals surface area contributed by atoms with Crippen LogP contribution < -0.4 is 0 Å². The van der Waals surface area contributed by atoms with Gasteiger partial charge >= 0.3 is 23.9 Å². The zero-order valence-corrected chi connectivity index (χ0v) is 15.0. The Bertz CT molecular complexity index is 708. The molecule has 0 spiro atoms. The van der Waals surface area contributed by atoms with Crippen LogP contribution in [0.4, 0.5) is 13.2 Å². The van der Waals surface area contributed by atoms with Crippen LogP contribution in [0.3, 0.4) is 0 Å². The standard InChI is InChI=1S/C14H14.CHF3O3S.HO3P/c1-3-7-13(8-4-1)11-12-14-9-5-2-6-10-14;2-1(3,4)8(5,6)7;1-4(2)3/h1-10H,11-12H2;(H,5,6,7);(H-,1,2,3)/p+1. The third-order valence-corrected chi connectivity index (χ3v) is 3.27. The Balaban J connectivity index is 0.000000444. The first-order chi connectivity index (χ1) is 11.9. The van der Waals surface area contributed by atoms with Crippen molar-refractivity contribution in [3.05, 3.63) is 71.8 Å². The molecule has 0 radical (unpaired) electrons. The minimum atomic E-state index is -5.84. The van der Waals surface area contributed by atoms with Crippen LogP contribution in [-0.2, 0) is 27.5 Å². The third-order valence-electron chi connectivity index (χ3n) is 2.68. The number of benzene rings is 2. The Labute approximate surface area is 149 Å². The molecule has 144 valence electrons. The second-order valence-corrected chi connectivity index (χ2v) is 6.56. The molecule has 3 N–H and O–H groups in total. The zero-order valence-electron chi connectivity index (χ0n) is 13.2. The van der Waals surface area contributed by atoms with E-state index in [1.54, 1.807) is 0 Å². The lowest BCUT2D eigenvalue weighted by atomic mass is 10.0. The molecule has 2 aromatic rings.